The highest BCUT2D eigenvalue weighted by molar-refractivity contribution is 7.92. The summed E-state index contributed by atoms with van der Waals surface area (Å²) in [5, 5.41) is 0.165. The fourth-order valence-corrected chi connectivity index (χ4v) is 4.29. The van der Waals surface area contributed by atoms with Crippen LogP contribution in [0, 0.1) is 0 Å². The topological polar surface area (TPSA) is 66.1 Å². The van der Waals surface area contributed by atoms with E-state index in [0.717, 1.165) is 17.7 Å². The second kappa shape index (κ2) is 4.63. The summed E-state index contributed by atoms with van der Waals surface area (Å²) < 4.78 is 27.1. The largest absolute Gasteiger partial charge is 0.332 e. The SMILES string of the molecule is CCc1ncc(S(=O)(=O)N2c3ccccc3CC2C)[nH]1. The molecule has 1 atom stereocenters. The van der Waals surface area contributed by atoms with E-state index in [0.29, 0.717) is 12.2 Å². The lowest BCUT2D eigenvalue weighted by molar-refractivity contribution is 0.581. The van der Waals surface area contributed by atoms with E-state index in [9.17, 15) is 8.42 Å². The summed E-state index contributed by atoms with van der Waals surface area (Å²) in [6, 6.07) is 7.56. The minimum atomic E-state index is -3.58. The van der Waals surface area contributed by atoms with E-state index in [4.69, 9.17) is 0 Å². The number of aromatic nitrogens is 2. The number of aryl methyl sites for hydroxylation is 1. The average molecular weight is 291 g/mol. The number of benzene rings is 1. The Morgan fingerprint density at radius 2 is 2.15 bits per heavy atom. The van der Waals surface area contributed by atoms with Crippen molar-refractivity contribution < 1.29 is 8.42 Å². The van der Waals surface area contributed by atoms with Crippen molar-refractivity contribution in [3.05, 3.63) is 41.9 Å². The van der Waals surface area contributed by atoms with Gasteiger partial charge in [-0.15, -0.1) is 0 Å². The van der Waals surface area contributed by atoms with Crippen LogP contribution in [0.2, 0.25) is 0 Å². The van der Waals surface area contributed by atoms with E-state index < -0.39 is 10.0 Å². The number of hydrogen-bond donors (Lipinski definition) is 1. The Morgan fingerprint density at radius 3 is 2.85 bits per heavy atom. The number of anilines is 1. The third-order valence-corrected chi connectivity index (χ3v) is 5.46. The van der Waals surface area contributed by atoms with Crippen LogP contribution < -0.4 is 4.31 Å². The highest BCUT2D eigenvalue weighted by Crippen LogP contribution is 2.35. The second-order valence-corrected chi connectivity index (χ2v) is 6.81. The Kier molecular flexibility index (Phi) is 3.05. The first kappa shape index (κ1) is 13.2. The molecule has 0 aliphatic carbocycles. The third kappa shape index (κ3) is 1.91. The van der Waals surface area contributed by atoms with E-state index in [2.05, 4.69) is 9.97 Å². The molecule has 6 heteroatoms. The summed E-state index contributed by atoms with van der Waals surface area (Å²) in [5.41, 5.74) is 1.84. The van der Waals surface area contributed by atoms with Gasteiger partial charge >= 0.3 is 0 Å². The van der Waals surface area contributed by atoms with Crippen molar-refractivity contribution in [2.75, 3.05) is 4.31 Å². The summed E-state index contributed by atoms with van der Waals surface area (Å²) >= 11 is 0. The fraction of sp³-hybridized carbons (Fsp3) is 0.357. The standard InChI is InChI=1S/C14H17N3O2S/c1-3-13-15-9-14(16-13)20(18,19)17-10(2)8-11-6-4-5-7-12(11)17/h4-7,9-10H,3,8H2,1-2H3,(H,15,16). The number of H-pyrrole nitrogens is 1. The van der Waals surface area contributed by atoms with E-state index in [1.807, 2.05) is 38.1 Å². The van der Waals surface area contributed by atoms with Crippen LogP contribution in [0.3, 0.4) is 0 Å². The molecule has 0 fully saturated rings. The number of sulfonamides is 1. The van der Waals surface area contributed by atoms with E-state index >= 15 is 0 Å². The molecule has 1 unspecified atom stereocenters. The molecule has 2 aromatic rings. The van der Waals surface area contributed by atoms with Gasteiger partial charge < -0.3 is 4.98 Å². The summed E-state index contributed by atoms with van der Waals surface area (Å²) in [5.74, 6) is 0.684. The van der Waals surface area contributed by atoms with E-state index in [1.54, 1.807) is 0 Å². The lowest BCUT2D eigenvalue weighted by Crippen LogP contribution is -2.35. The van der Waals surface area contributed by atoms with Gasteiger partial charge in [-0.05, 0) is 25.0 Å². The molecular weight excluding hydrogens is 274 g/mol. The van der Waals surface area contributed by atoms with Crippen molar-refractivity contribution in [3.63, 3.8) is 0 Å². The zero-order valence-electron chi connectivity index (χ0n) is 11.5. The van der Waals surface area contributed by atoms with Crippen LogP contribution in [0.4, 0.5) is 5.69 Å². The predicted octanol–water partition coefficient (Wildman–Crippen LogP) is 2.11. The van der Waals surface area contributed by atoms with Gasteiger partial charge in [-0.1, -0.05) is 25.1 Å². The smallest absolute Gasteiger partial charge is 0.281 e. The minimum Gasteiger partial charge on any atom is -0.332 e. The van der Waals surface area contributed by atoms with Gasteiger partial charge in [0.1, 0.15) is 5.82 Å². The molecule has 0 saturated heterocycles. The Bertz CT molecular complexity index is 736. The average Bonchev–Trinajstić information content (AvgIpc) is 3.01. The van der Waals surface area contributed by atoms with Crippen LogP contribution in [0.1, 0.15) is 25.2 Å². The van der Waals surface area contributed by atoms with Crippen molar-refractivity contribution in [1.29, 1.82) is 0 Å². The molecule has 0 radical (unpaired) electrons. The van der Waals surface area contributed by atoms with Crippen LogP contribution in [-0.2, 0) is 22.9 Å². The number of nitrogens with one attached hydrogen (secondary N) is 1. The number of nitrogens with zero attached hydrogens (tertiary/aromatic N) is 2. The van der Waals surface area contributed by atoms with Crippen molar-refractivity contribution in [2.24, 2.45) is 0 Å². The van der Waals surface area contributed by atoms with Gasteiger partial charge in [0.25, 0.3) is 10.0 Å². The highest BCUT2D eigenvalue weighted by Gasteiger charge is 2.36. The summed E-state index contributed by atoms with van der Waals surface area (Å²) in [7, 11) is -3.58. The summed E-state index contributed by atoms with van der Waals surface area (Å²) in [6.07, 6.45) is 2.83. The molecule has 5 nitrogen and oxygen atoms in total. The van der Waals surface area contributed by atoms with Gasteiger partial charge in [0.05, 0.1) is 11.9 Å². The van der Waals surface area contributed by atoms with Gasteiger partial charge in [-0.3, -0.25) is 4.31 Å². The van der Waals surface area contributed by atoms with Crippen LogP contribution in [0.25, 0.3) is 0 Å². The molecule has 0 amide bonds. The molecule has 1 aliphatic rings. The third-order valence-electron chi connectivity index (χ3n) is 3.62. The van der Waals surface area contributed by atoms with Gasteiger partial charge in [-0.2, -0.15) is 8.42 Å². The molecule has 1 aromatic heterocycles. The molecule has 1 aromatic carbocycles. The Labute approximate surface area is 118 Å². The van der Waals surface area contributed by atoms with E-state index in [-0.39, 0.29) is 11.1 Å². The zero-order valence-corrected chi connectivity index (χ0v) is 12.3. The van der Waals surface area contributed by atoms with Crippen molar-refractivity contribution in [3.8, 4) is 0 Å². The number of rotatable bonds is 3. The molecule has 2 heterocycles. The predicted molar refractivity (Wildman–Crippen MR) is 77.2 cm³/mol. The lowest BCUT2D eigenvalue weighted by atomic mass is 10.1. The molecule has 0 saturated carbocycles. The van der Waals surface area contributed by atoms with Crippen molar-refractivity contribution in [1.82, 2.24) is 9.97 Å². The molecule has 20 heavy (non-hydrogen) atoms. The number of hydrogen-bond acceptors (Lipinski definition) is 3. The van der Waals surface area contributed by atoms with E-state index in [1.165, 1.54) is 10.5 Å². The number of aromatic amines is 1. The normalized spacial score (nSPS) is 18.3. The van der Waals surface area contributed by atoms with Gasteiger partial charge in [-0.25, -0.2) is 4.98 Å². The molecule has 1 aliphatic heterocycles. The Hall–Kier alpha value is -1.82. The second-order valence-electron chi connectivity index (χ2n) is 5.03. The quantitative estimate of drug-likeness (QED) is 0.942. The highest BCUT2D eigenvalue weighted by atomic mass is 32.2. The zero-order chi connectivity index (χ0) is 14.3. The van der Waals surface area contributed by atoms with Gasteiger partial charge in [0, 0.05) is 12.5 Å². The Morgan fingerprint density at radius 1 is 1.40 bits per heavy atom. The van der Waals surface area contributed by atoms with Crippen molar-refractivity contribution >= 4 is 15.7 Å². The van der Waals surface area contributed by atoms with Crippen LogP contribution in [0.15, 0.2) is 35.5 Å². The molecular formula is C14H17N3O2S. The Balaban J connectivity index is 2.07. The van der Waals surface area contributed by atoms with Crippen LogP contribution in [-0.4, -0.2) is 24.4 Å². The van der Waals surface area contributed by atoms with Crippen LogP contribution >= 0.6 is 0 Å². The first-order valence-corrected chi connectivity index (χ1v) is 8.14. The number of para-hydroxylation sites is 1. The molecule has 3 rings (SSSR count). The maximum atomic E-state index is 12.8. The molecule has 1 N–H and O–H groups in total. The maximum Gasteiger partial charge on any atom is 0.281 e. The summed E-state index contributed by atoms with van der Waals surface area (Å²) in [6.45, 7) is 3.86. The maximum absolute atomic E-state index is 12.8. The molecule has 0 spiro atoms. The minimum absolute atomic E-state index is 0.0780. The molecule has 106 valence electrons. The summed E-state index contributed by atoms with van der Waals surface area (Å²) in [4.78, 5) is 6.98. The van der Waals surface area contributed by atoms with Gasteiger partial charge in [0.2, 0.25) is 0 Å². The van der Waals surface area contributed by atoms with Gasteiger partial charge in [0.15, 0.2) is 5.03 Å². The number of imidazole rings is 1. The fourth-order valence-electron chi connectivity index (χ4n) is 2.66. The van der Waals surface area contributed by atoms with Crippen molar-refractivity contribution in [2.45, 2.75) is 37.8 Å². The molecule has 0 bridgehead atoms. The monoisotopic (exact) mass is 291 g/mol. The first-order valence-electron chi connectivity index (χ1n) is 6.70. The number of fused-ring (bicyclic) bond motifs is 1. The lowest BCUT2D eigenvalue weighted by Gasteiger charge is -2.23. The first-order chi connectivity index (χ1) is 9.54. The van der Waals surface area contributed by atoms with Crippen LogP contribution in [0.5, 0.6) is 0 Å².